The molecular formula is C31H36N4O5. The zero-order valence-corrected chi connectivity index (χ0v) is 23.4. The first-order chi connectivity index (χ1) is 19.3. The standard InChI is InChI=1S/C31H36N4O5/c1-22(2)35(31(38)24-7-15-28(40-4)16-8-24)21-29(36)32-25-9-11-26(12-10-25)33-17-19-34(20-18-33)30(37)23-5-13-27(39-3)14-6-23/h5-16,22H,17-21H2,1-4H3,(H,32,36). The average molecular weight is 545 g/mol. The lowest BCUT2D eigenvalue weighted by Gasteiger charge is -2.36. The third-order valence-electron chi connectivity index (χ3n) is 6.96. The Morgan fingerprint density at radius 2 is 1.30 bits per heavy atom. The van der Waals surface area contributed by atoms with Crippen molar-refractivity contribution in [2.24, 2.45) is 0 Å². The summed E-state index contributed by atoms with van der Waals surface area (Å²) in [6.07, 6.45) is 0. The molecule has 1 aliphatic rings. The summed E-state index contributed by atoms with van der Waals surface area (Å²) < 4.78 is 10.3. The number of nitrogens with zero attached hydrogens (tertiary/aromatic N) is 3. The van der Waals surface area contributed by atoms with Crippen molar-refractivity contribution >= 4 is 29.1 Å². The Bertz CT molecular complexity index is 1300. The molecule has 1 aliphatic heterocycles. The predicted octanol–water partition coefficient (Wildman–Crippen LogP) is 4.16. The summed E-state index contributed by atoms with van der Waals surface area (Å²) >= 11 is 0. The fourth-order valence-corrected chi connectivity index (χ4v) is 4.58. The number of rotatable bonds is 9. The Balaban J connectivity index is 1.29. The van der Waals surface area contributed by atoms with Gasteiger partial charge in [0.1, 0.15) is 18.0 Å². The summed E-state index contributed by atoms with van der Waals surface area (Å²) in [5.41, 5.74) is 2.82. The van der Waals surface area contributed by atoms with Crippen LogP contribution in [0.5, 0.6) is 11.5 Å². The summed E-state index contributed by atoms with van der Waals surface area (Å²) in [7, 11) is 3.17. The lowest BCUT2D eigenvalue weighted by atomic mass is 10.1. The van der Waals surface area contributed by atoms with E-state index in [0.29, 0.717) is 48.7 Å². The van der Waals surface area contributed by atoms with E-state index in [4.69, 9.17) is 9.47 Å². The molecule has 1 N–H and O–H groups in total. The SMILES string of the molecule is COc1ccc(C(=O)N2CCN(c3ccc(NC(=O)CN(C(=O)c4ccc(OC)cc4)C(C)C)cc3)CC2)cc1. The Labute approximate surface area is 235 Å². The van der Waals surface area contributed by atoms with E-state index in [9.17, 15) is 14.4 Å². The van der Waals surface area contributed by atoms with Gasteiger partial charge in [-0.3, -0.25) is 14.4 Å². The zero-order valence-electron chi connectivity index (χ0n) is 23.4. The second-order valence-corrected chi connectivity index (χ2v) is 9.86. The normalized spacial score (nSPS) is 13.1. The molecule has 1 heterocycles. The molecule has 0 atom stereocenters. The molecule has 40 heavy (non-hydrogen) atoms. The van der Waals surface area contributed by atoms with Crippen LogP contribution in [0, 0.1) is 0 Å². The summed E-state index contributed by atoms with van der Waals surface area (Å²) in [4.78, 5) is 44.3. The average Bonchev–Trinajstić information content (AvgIpc) is 2.99. The van der Waals surface area contributed by atoms with Crippen molar-refractivity contribution in [1.29, 1.82) is 0 Å². The molecular weight excluding hydrogens is 508 g/mol. The number of hydrogen-bond acceptors (Lipinski definition) is 6. The second-order valence-electron chi connectivity index (χ2n) is 9.86. The maximum atomic E-state index is 13.0. The van der Waals surface area contributed by atoms with E-state index in [1.807, 2.05) is 43.0 Å². The minimum absolute atomic E-state index is 0.0151. The van der Waals surface area contributed by atoms with E-state index in [-0.39, 0.29) is 30.3 Å². The third-order valence-corrected chi connectivity index (χ3v) is 6.96. The Hall–Kier alpha value is -4.53. The van der Waals surface area contributed by atoms with Crippen molar-refractivity contribution < 1.29 is 23.9 Å². The molecule has 0 spiro atoms. The highest BCUT2D eigenvalue weighted by molar-refractivity contribution is 5.99. The molecule has 210 valence electrons. The molecule has 0 aliphatic carbocycles. The van der Waals surface area contributed by atoms with Crippen LogP contribution < -0.4 is 19.7 Å². The smallest absolute Gasteiger partial charge is 0.254 e. The maximum Gasteiger partial charge on any atom is 0.254 e. The molecule has 9 heteroatoms. The Morgan fingerprint density at radius 1 is 0.775 bits per heavy atom. The largest absolute Gasteiger partial charge is 0.497 e. The number of piperazine rings is 1. The number of anilines is 2. The highest BCUT2D eigenvalue weighted by Gasteiger charge is 2.24. The number of nitrogens with one attached hydrogen (secondary N) is 1. The molecule has 4 rings (SSSR count). The topological polar surface area (TPSA) is 91.4 Å². The number of methoxy groups -OCH3 is 2. The first kappa shape index (κ1) is 28.5. The molecule has 0 bridgehead atoms. The quantitative estimate of drug-likeness (QED) is 0.435. The van der Waals surface area contributed by atoms with Crippen LogP contribution in [0.1, 0.15) is 34.6 Å². The fraction of sp³-hybridized carbons (Fsp3) is 0.323. The lowest BCUT2D eigenvalue weighted by Crippen LogP contribution is -2.48. The summed E-state index contributed by atoms with van der Waals surface area (Å²) in [6, 6.07) is 21.5. The van der Waals surface area contributed by atoms with Crippen molar-refractivity contribution in [2.75, 3.05) is 57.2 Å². The van der Waals surface area contributed by atoms with Gasteiger partial charge in [-0.15, -0.1) is 0 Å². The molecule has 3 aromatic carbocycles. The van der Waals surface area contributed by atoms with Gasteiger partial charge in [0.05, 0.1) is 14.2 Å². The second kappa shape index (κ2) is 13.0. The van der Waals surface area contributed by atoms with E-state index >= 15 is 0 Å². The number of amides is 3. The van der Waals surface area contributed by atoms with Gasteiger partial charge >= 0.3 is 0 Å². The molecule has 3 aromatic rings. The van der Waals surface area contributed by atoms with E-state index < -0.39 is 0 Å². The van der Waals surface area contributed by atoms with E-state index in [0.717, 1.165) is 11.4 Å². The molecule has 3 amide bonds. The zero-order chi connectivity index (χ0) is 28.6. The summed E-state index contributed by atoms with van der Waals surface area (Å²) in [6.45, 7) is 6.37. The van der Waals surface area contributed by atoms with Gasteiger partial charge in [-0.25, -0.2) is 0 Å². The molecule has 1 fully saturated rings. The number of carbonyl (C=O) groups excluding carboxylic acids is 3. The van der Waals surface area contributed by atoms with Crippen LogP contribution in [0.15, 0.2) is 72.8 Å². The molecule has 9 nitrogen and oxygen atoms in total. The van der Waals surface area contributed by atoms with Crippen molar-refractivity contribution in [3.8, 4) is 11.5 Å². The monoisotopic (exact) mass is 544 g/mol. The van der Waals surface area contributed by atoms with Crippen molar-refractivity contribution in [1.82, 2.24) is 9.80 Å². The van der Waals surface area contributed by atoms with Crippen LogP contribution in [0.4, 0.5) is 11.4 Å². The van der Waals surface area contributed by atoms with Gasteiger partial charge in [-0.1, -0.05) is 0 Å². The first-order valence-corrected chi connectivity index (χ1v) is 13.3. The molecule has 0 unspecified atom stereocenters. The predicted molar refractivity (Wildman–Crippen MR) is 155 cm³/mol. The van der Waals surface area contributed by atoms with Crippen molar-refractivity contribution in [2.45, 2.75) is 19.9 Å². The van der Waals surface area contributed by atoms with Crippen LogP contribution in [0.25, 0.3) is 0 Å². The Morgan fingerprint density at radius 3 is 1.80 bits per heavy atom. The molecule has 1 saturated heterocycles. The molecule has 0 saturated carbocycles. The van der Waals surface area contributed by atoms with Crippen LogP contribution >= 0.6 is 0 Å². The summed E-state index contributed by atoms with van der Waals surface area (Å²) in [5.74, 6) is 0.918. The van der Waals surface area contributed by atoms with Gasteiger partial charge in [0.2, 0.25) is 5.91 Å². The third kappa shape index (κ3) is 6.91. The van der Waals surface area contributed by atoms with Gasteiger partial charge in [0.15, 0.2) is 0 Å². The minimum Gasteiger partial charge on any atom is -0.497 e. The van der Waals surface area contributed by atoms with Gasteiger partial charge in [0.25, 0.3) is 11.8 Å². The number of ether oxygens (including phenoxy) is 2. The maximum absolute atomic E-state index is 13.0. The van der Waals surface area contributed by atoms with Crippen LogP contribution in [0.2, 0.25) is 0 Å². The van der Waals surface area contributed by atoms with E-state index in [1.165, 1.54) is 4.90 Å². The first-order valence-electron chi connectivity index (χ1n) is 13.3. The highest BCUT2D eigenvalue weighted by Crippen LogP contribution is 2.21. The minimum atomic E-state index is -0.269. The number of hydrogen-bond donors (Lipinski definition) is 1. The van der Waals surface area contributed by atoms with Crippen molar-refractivity contribution in [3.63, 3.8) is 0 Å². The van der Waals surface area contributed by atoms with E-state index in [1.54, 1.807) is 62.8 Å². The van der Waals surface area contributed by atoms with Crippen molar-refractivity contribution in [3.05, 3.63) is 83.9 Å². The lowest BCUT2D eigenvalue weighted by molar-refractivity contribution is -0.117. The van der Waals surface area contributed by atoms with Gasteiger partial charge in [-0.05, 0) is 86.6 Å². The van der Waals surface area contributed by atoms with Gasteiger partial charge in [0, 0.05) is 54.7 Å². The summed E-state index contributed by atoms with van der Waals surface area (Å²) in [5, 5.41) is 2.90. The highest BCUT2D eigenvalue weighted by atomic mass is 16.5. The fourth-order valence-electron chi connectivity index (χ4n) is 4.58. The van der Waals surface area contributed by atoms with Crippen LogP contribution in [-0.2, 0) is 4.79 Å². The van der Waals surface area contributed by atoms with E-state index in [2.05, 4.69) is 10.2 Å². The van der Waals surface area contributed by atoms with Crippen LogP contribution in [0.3, 0.4) is 0 Å². The number of carbonyl (C=O) groups is 3. The Kier molecular flexibility index (Phi) is 9.27. The molecule has 0 radical (unpaired) electrons. The molecule has 0 aromatic heterocycles. The number of benzene rings is 3. The van der Waals surface area contributed by atoms with Gasteiger partial charge in [-0.2, -0.15) is 0 Å². The van der Waals surface area contributed by atoms with Gasteiger partial charge < -0.3 is 29.5 Å². The van der Waals surface area contributed by atoms with Crippen LogP contribution in [-0.4, -0.2) is 80.5 Å².